The van der Waals surface area contributed by atoms with E-state index in [-0.39, 0.29) is 38.6 Å². The number of nitrogens with two attached hydrogens (primary N) is 1. The van der Waals surface area contributed by atoms with Crippen LogP contribution in [0.5, 0.6) is 11.5 Å². The minimum atomic E-state index is -4.82. The molecule has 3 aromatic rings. The zero-order valence-corrected chi connectivity index (χ0v) is 16.6. The number of oxime groups is 1. The fourth-order valence-corrected chi connectivity index (χ4v) is 3.33. The number of phenols is 1. The van der Waals surface area contributed by atoms with Crippen molar-refractivity contribution in [3.05, 3.63) is 70.5 Å². The number of benzene rings is 3. The fourth-order valence-electron chi connectivity index (χ4n) is 3.16. The summed E-state index contributed by atoms with van der Waals surface area (Å²) in [6.07, 6.45) is -4.82. The van der Waals surface area contributed by atoms with Crippen LogP contribution in [0.1, 0.15) is 11.1 Å². The lowest BCUT2D eigenvalue weighted by Crippen LogP contribution is -2.17. The molecule has 0 spiro atoms. The van der Waals surface area contributed by atoms with Crippen LogP contribution in [0.2, 0.25) is 5.02 Å². The van der Waals surface area contributed by atoms with Crippen LogP contribution in [0, 0.1) is 5.82 Å². The number of halogens is 5. The molecule has 0 atom stereocenters. The number of hydrogen-bond acceptors (Lipinski definition) is 4. The molecule has 4 N–H and O–H groups in total. The van der Waals surface area contributed by atoms with Crippen molar-refractivity contribution in [1.82, 2.24) is 0 Å². The predicted molar refractivity (Wildman–Crippen MR) is 108 cm³/mol. The van der Waals surface area contributed by atoms with E-state index in [2.05, 4.69) is 5.16 Å². The van der Waals surface area contributed by atoms with Crippen LogP contribution in [0.25, 0.3) is 22.3 Å². The summed E-state index contributed by atoms with van der Waals surface area (Å²) in [5, 5.41) is 21.8. The largest absolute Gasteiger partial charge is 0.508 e. The Morgan fingerprint density at radius 2 is 1.74 bits per heavy atom. The van der Waals surface area contributed by atoms with Crippen LogP contribution in [-0.2, 0) is 6.18 Å². The third-order valence-corrected chi connectivity index (χ3v) is 4.76. The van der Waals surface area contributed by atoms with Crippen LogP contribution in [0.3, 0.4) is 0 Å². The van der Waals surface area contributed by atoms with Gasteiger partial charge in [-0.15, -0.1) is 0 Å². The second-order valence-electron chi connectivity index (χ2n) is 6.44. The molecule has 3 rings (SSSR count). The summed E-state index contributed by atoms with van der Waals surface area (Å²) in [5.41, 5.74) is 3.93. The first-order valence-corrected chi connectivity index (χ1v) is 9.00. The van der Waals surface area contributed by atoms with Gasteiger partial charge in [0, 0.05) is 33.3 Å². The van der Waals surface area contributed by atoms with E-state index in [9.17, 15) is 27.9 Å². The van der Waals surface area contributed by atoms with Gasteiger partial charge >= 0.3 is 6.18 Å². The first-order valence-electron chi connectivity index (χ1n) is 8.62. The molecule has 0 aliphatic rings. The summed E-state index contributed by atoms with van der Waals surface area (Å²) in [6, 6.07) is 8.81. The van der Waals surface area contributed by atoms with Gasteiger partial charge in [0.2, 0.25) is 0 Å². The molecule has 0 unspecified atom stereocenters. The Labute approximate surface area is 178 Å². The number of phenolic OH excluding ortho intramolecular Hbond substituents is 1. The van der Waals surface area contributed by atoms with Gasteiger partial charge in [0.1, 0.15) is 17.3 Å². The number of aromatic hydroxyl groups is 1. The average molecular weight is 455 g/mol. The lowest BCUT2D eigenvalue weighted by Gasteiger charge is -2.20. The van der Waals surface area contributed by atoms with Gasteiger partial charge < -0.3 is 20.8 Å². The second kappa shape index (κ2) is 8.35. The molecule has 10 heteroatoms. The minimum absolute atomic E-state index is 0.00719. The highest BCUT2D eigenvalue weighted by Gasteiger charge is 2.34. The topological polar surface area (TPSA) is 88.1 Å². The molecule has 0 amide bonds. The molecule has 0 bridgehead atoms. The van der Waals surface area contributed by atoms with Crippen molar-refractivity contribution in [2.24, 2.45) is 10.9 Å². The van der Waals surface area contributed by atoms with E-state index in [1.54, 1.807) is 0 Å². The molecular formula is C21H15ClF4N2O3. The number of amidine groups is 1. The van der Waals surface area contributed by atoms with Crippen molar-refractivity contribution < 1.29 is 32.6 Å². The number of rotatable bonds is 4. The Bertz CT molecular complexity index is 1180. The van der Waals surface area contributed by atoms with E-state index in [0.29, 0.717) is 6.07 Å². The SMILES string of the molecule is COc1ccc(Cl)cc1-c1c(/C(N)=N\O)cc(C(F)(F)F)cc1-c1ccc(O)cc1F. The summed E-state index contributed by atoms with van der Waals surface area (Å²) in [4.78, 5) is 0. The lowest BCUT2D eigenvalue weighted by molar-refractivity contribution is -0.137. The summed E-state index contributed by atoms with van der Waals surface area (Å²) >= 11 is 6.09. The van der Waals surface area contributed by atoms with Crippen LogP contribution in [-0.4, -0.2) is 23.3 Å². The third kappa shape index (κ3) is 4.36. The van der Waals surface area contributed by atoms with Crippen molar-refractivity contribution in [2.75, 3.05) is 7.11 Å². The first-order chi connectivity index (χ1) is 14.6. The zero-order chi connectivity index (χ0) is 22.9. The van der Waals surface area contributed by atoms with E-state index in [1.165, 1.54) is 25.3 Å². The molecule has 0 saturated heterocycles. The van der Waals surface area contributed by atoms with E-state index < -0.39 is 29.1 Å². The molecule has 0 radical (unpaired) electrons. The second-order valence-corrected chi connectivity index (χ2v) is 6.87. The Kier molecular flexibility index (Phi) is 5.99. The van der Waals surface area contributed by atoms with E-state index in [1.807, 2.05) is 0 Å². The predicted octanol–water partition coefficient (Wildman–Crippen LogP) is 5.64. The molecule has 3 aromatic carbocycles. The van der Waals surface area contributed by atoms with E-state index in [0.717, 1.165) is 24.3 Å². The zero-order valence-electron chi connectivity index (χ0n) is 15.8. The molecule has 31 heavy (non-hydrogen) atoms. The van der Waals surface area contributed by atoms with E-state index >= 15 is 0 Å². The summed E-state index contributed by atoms with van der Waals surface area (Å²) in [7, 11) is 1.33. The normalized spacial score (nSPS) is 12.1. The van der Waals surface area contributed by atoms with Gasteiger partial charge in [-0.2, -0.15) is 13.2 Å². The van der Waals surface area contributed by atoms with Crippen molar-refractivity contribution in [3.63, 3.8) is 0 Å². The van der Waals surface area contributed by atoms with Crippen LogP contribution in [0.4, 0.5) is 17.6 Å². The monoisotopic (exact) mass is 454 g/mol. The molecule has 5 nitrogen and oxygen atoms in total. The molecule has 0 aliphatic carbocycles. The molecule has 0 fully saturated rings. The van der Waals surface area contributed by atoms with Gasteiger partial charge in [-0.05, 0) is 48.0 Å². The summed E-state index contributed by atoms with van der Waals surface area (Å²) in [5.74, 6) is -1.82. The third-order valence-electron chi connectivity index (χ3n) is 4.52. The molecule has 0 saturated carbocycles. The summed E-state index contributed by atoms with van der Waals surface area (Å²) in [6.45, 7) is 0. The maximum atomic E-state index is 14.7. The Hall–Kier alpha value is -3.46. The van der Waals surface area contributed by atoms with Gasteiger partial charge in [-0.3, -0.25) is 0 Å². The number of nitrogens with zero attached hydrogens (tertiary/aromatic N) is 1. The minimum Gasteiger partial charge on any atom is -0.508 e. The Balaban J connectivity index is 2.55. The van der Waals surface area contributed by atoms with Crippen molar-refractivity contribution in [1.29, 1.82) is 0 Å². The van der Waals surface area contributed by atoms with Crippen LogP contribution < -0.4 is 10.5 Å². The number of methoxy groups -OCH3 is 1. The Morgan fingerprint density at radius 3 is 2.32 bits per heavy atom. The van der Waals surface area contributed by atoms with Gasteiger partial charge in [-0.1, -0.05) is 16.8 Å². The number of ether oxygens (including phenoxy) is 1. The maximum absolute atomic E-state index is 14.7. The van der Waals surface area contributed by atoms with Gasteiger partial charge in [0.05, 0.1) is 12.7 Å². The smallest absolute Gasteiger partial charge is 0.416 e. The van der Waals surface area contributed by atoms with Crippen molar-refractivity contribution in [3.8, 4) is 33.8 Å². The van der Waals surface area contributed by atoms with Gasteiger partial charge in [0.15, 0.2) is 5.84 Å². The Morgan fingerprint density at radius 1 is 1.03 bits per heavy atom. The highest BCUT2D eigenvalue weighted by molar-refractivity contribution is 6.31. The maximum Gasteiger partial charge on any atom is 0.416 e. The van der Waals surface area contributed by atoms with Gasteiger partial charge in [0.25, 0.3) is 0 Å². The lowest BCUT2D eigenvalue weighted by atomic mass is 9.87. The highest BCUT2D eigenvalue weighted by atomic mass is 35.5. The quantitative estimate of drug-likeness (QED) is 0.156. The van der Waals surface area contributed by atoms with E-state index in [4.69, 9.17) is 22.1 Å². The van der Waals surface area contributed by atoms with Crippen LogP contribution in [0.15, 0.2) is 53.7 Å². The fraction of sp³-hybridized carbons (Fsp3) is 0.0952. The molecule has 0 heterocycles. The van der Waals surface area contributed by atoms with Gasteiger partial charge in [-0.25, -0.2) is 4.39 Å². The number of hydrogen-bond donors (Lipinski definition) is 3. The molecular weight excluding hydrogens is 440 g/mol. The standard InChI is InChI=1S/C21H15ClF4N2O3/c1-31-18-5-2-11(22)8-15(18)19-14(13-4-3-12(29)9-17(13)23)6-10(21(24,25)26)7-16(19)20(27)28-30/h2-9,29-30H,1H3,(H2,27,28). The van der Waals surface area contributed by atoms with Crippen LogP contribution >= 0.6 is 11.6 Å². The first kappa shape index (κ1) is 22.2. The van der Waals surface area contributed by atoms with Crippen molar-refractivity contribution in [2.45, 2.75) is 6.18 Å². The number of alkyl halides is 3. The highest BCUT2D eigenvalue weighted by Crippen LogP contribution is 2.45. The summed E-state index contributed by atoms with van der Waals surface area (Å²) < 4.78 is 60.9. The average Bonchev–Trinajstić information content (AvgIpc) is 2.71. The van der Waals surface area contributed by atoms with Crippen molar-refractivity contribution >= 4 is 17.4 Å². The molecule has 0 aromatic heterocycles. The molecule has 162 valence electrons. The molecule has 0 aliphatic heterocycles.